The van der Waals surface area contributed by atoms with Gasteiger partial charge in [0, 0.05) is 13.1 Å². The fourth-order valence-corrected chi connectivity index (χ4v) is 2.17. The van der Waals surface area contributed by atoms with E-state index in [1.54, 1.807) is 0 Å². The topological polar surface area (TPSA) is 32.3 Å². The average molecular weight is 218 g/mol. The molecular weight excluding hydrogens is 200 g/mol. The lowest BCUT2D eigenvalue weighted by atomic mass is 10.0. The Morgan fingerprint density at radius 2 is 2.12 bits per heavy atom. The quantitative estimate of drug-likeness (QED) is 0.831. The van der Waals surface area contributed by atoms with Crippen LogP contribution in [0.4, 0.5) is 0 Å². The van der Waals surface area contributed by atoms with Gasteiger partial charge in [0.2, 0.25) is 5.91 Å². The molecule has 1 saturated heterocycles. The first-order valence-electron chi connectivity index (χ1n) is 5.81. The first kappa shape index (κ1) is 11.1. The maximum absolute atomic E-state index is 12.0. The number of nitrogens with one attached hydrogen (secondary N) is 1. The number of piperidine rings is 1. The van der Waals surface area contributed by atoms with Crippen molar-refractivity contribution in [3.63, 3.8) is 0 Å². The van der Waals surface area contributed by atoms with Gasteiger partial charge in [-0.15, -0.1) is 0 Å². The smallest absolute Gasteiger partial charge is 0.239 e. The molecule has 1 aromatic carbocycles. The van der Waals surface area contributed by atoms with E-state index < -0.39 is 0 Å². The first-order valence-corrected chi connectivity index (χ1v) is 5.81. The van der Waals surface area contributed by atoms with Crippen LogP contribution in [0, 0.1) is 0 Å². The normalized spacial score (nSPS) is 21.2. The van der Waals surface area contributed by atoms with Crippen LogP contribution in [0.2, 0.25) is 0 Å². The highest BCUT2D eigenvalue weighted by Crippen LogP contribution is 2.14. The summed E-state index contributed by atoms with van der Waals surface area (Å²) in [5.74, 6) is 0.234. The highest BCUT2D eigenvalue weighted by atomic mass is 16.2. The van der Waals surface area contributed by atoms with Gasteiger partial charge in [0.25, 0.3) is 0 Å². The molecule has 0 aliphatic carbocycles. The van der Waals surface area contributed by atoms with Gasteiger partial charge >= 0.3 is 0 Å². The Hall–Kier alpha value is -1.35. The Labute approximate surface area is 96.5 Å². The monoisotopic (exact) mass is 218 g/mol. The number of nitrogens with zero attached hydrogens (tertiary/aromatic N) is 1. The molecule has 1 aliphatic heterocycles. The van der Waals surface area contributed by atoms with Crippen molar-refractivity contribution < 1.29 is 4.79 Å². The van der Waals surface area contributed by atoms with Crippen LogP contribution in [0.15, 0.2) is 30.3 Å². The Balaban J connectivity index is 2.02. The second-order valence-corrected chi connectivity index (χ2v) is 4.23. The lowest BCUT2D eigenvalue weighted by Crippen LogP contribution is -2.49. The Bertz CT molecular complexity index is 350. The highest BCUT2D eigenvalue weighted by Gasteiger charge is 2.26. The number of carbonyl (C=O) groups is 1. The molecule has 86 valence electrons. The molecule has 1 amide bonds. The minimum Gasteiger partial charge on any atom is -0.337 e. The van der Waals surface area contributed by atoms with Crippen molar-refractivity contribution in [1.29, 1.82) is 0 Å². The molecule has 0 saturated carbocycles. The van der Waals surface area contributed by atoms with E-state index in [1.165, 1.54) is 5.56 Å². The van der Waals surface area contributed by atoms with Crippen molar-refractivity contribution in [1.82, 2.24) is 10.2 Å². The number of carbonyl (C=O) groups excluding carboxylic acids is 1. The minimum atomic E-state index is 0.0115. The van der Waals surface area contributed by atoms with Gasteiger partial charge in [-0.25, -0.2) is 0 Å². The minimum absolute atomic E-state index is 0.0115. The molecule has 0 aromatic heterocycles. The summed E-state index contributed by atoms with van der Waals surface area (Å²) < 4.78 is 0. The van der Waals surface area contributed by atoms with Gasteiger partial charge in [-0.3, -0.25) is 4.79 Å². The van der Waals surface area contributed by atoms with Gasteiger partial charge < -0.3 is 10.2 Å². The summed E-state index contributed by atoms with van der Waals surface area (Å²) in [7, 11) is 1.86. The fraction of sp³-hybridized carbons (Fsp3) is 0.462. The molecule has 3 nitrogen and oxygen atoms in total. The van der Waals surface area contributed by atoms with Crippen LogP contribution in [0.5, 0.6) is 0 Å². The third-order valence-corrected chi connectivity index (χ3v) is 3.10. The molecule has 0 spiro atoms. The standard InChI is InChI=1S/C13H18N2O/c1-14-12-8-5-9-15(13(12)16)10-11-6-3-2-4-7-11/h2-4,6-7,12,14H,5,8-10H2,1H3. The number of hydrogen-bond acceptors (Lipinski definition) is 2. The Kier molecular flexibility index (Phi) is 3.57. The molecule has 16 heavy (non-hydrogen) atoms. The van der Waals surface area contributed by atoms with Crippen LogP contribution < -0.4 is 5.32 Å². The summed E-state index contributed by atoms with van der Waals surface area (Å²) in [6, 6.07) is 10.2. The SMILES string of the molecule is CNC1CCCN(Cc2ccccc2)C1=O. The predicted octanol–water partition coefficient (Wildman–Crippen LogP) is 1.40. The molecule has 1 aromatic rings. The van der Waals surface area contributed by atoms with E-state index >= 15 is 0 Å². The lowest BCUT2D eigenvalue weighted by molar-refractivity contribution is -0.136. The van der Waals surface area contributed by atoms with Crippen LogP contribution in [-0.4, -0.2) is 30.4 Å². The molecule has 3 heteroatoms. The van der Waals surface area contributed by atoms with E-state index in [4.69, 9.17) is 0 Å². The number of likely N-dealkylation sites (tertiary alicyclic amines) is 1. The number of benzene rings is 1. The van der Waals surface area contributed by atoms with Gasteiger partial charge in [-0.1, -0.05) is 30.3 Å². The average Bonchev–Trinajstić information content (AvgIpc) is 2.33. The summed E-state index contributed by atoms with van der Waals surface area (Å²) >= 11 is 0. The number of rotatable bonds is 3. The molecule has 0 bridgehead atoms. The molecule has 1 fully saturated rings. The molecule has 1 atom stereocenters. The van der Waals surface area contributed by atoms with Crippen molar-refractivity contribution in [2.24, 2.45) is 0 Å². The summed E-state index contributed by atoms with van der Waals surface area (Å²) in [6.07, 6.45) is 2.05. The second kappa shape index (κ2) is 5.12. The molecule has 1 N–H and O–H groups in total. The van der Waals surface area contributed by atoms with Crippen molar-refractivity contribution >= 4 is 5.91 Å². The number of hydrogen-bond donors (Lipinski definition) is 1. The van der Waals surface area contributed by atoms with Gasteiger partial charge in [0.1, 0.15) is 0 Å². The van der Waals surface area contributed by atoms with Crippen molar-refractivity contribution in [3.05, 3.63) is 35.9 Å². The molecule has 2 rings (SSSR count). The Morgan fingerprint density at radius 3 is 2.81 bits per heavy atom. The third-order valence-electron chi connectivity index (χ3n) is 3.10. The van der Waals surface area contributed by atoms with Crippen LogP contribution in [0.25, 0.3) is 0 Å². The molecular formula is C13H18N2O. The Morgan fingerprint density at radius 1 is 1.38 bits per heavy atom. The van der Waals surface area contributed by atoms with E-state index in [0.717, 1.165) is 25.9 Å². The zero-order valence-corrected chi connectivity index (χ0v) is 9.65. The molecule has 0 radical (unpaired) electrons. The second-order valence-electron chi connectivity index (χ2n) is 4.23. The van der Waals surface area contributed by atoms with Crippen LogP contribution in [0.3, 0.4) is 0 Å². The van der Waals surface area contributed by atoms with Gasteiger partial charge in [0.05, 0.1) is 6.04 Å². The van der Waals surface area contributed by atoms with E-state index in [0.29, 0.717) is 0 Å². The van der Waals surface area contributed by atoms with Crippen molar-refractivity contribution in [2.75, 3.05) is 13.6 Å². The van der Waals surface area contributed by atoms with Crippen LogP contribution in [0.1, 0.15) is 18.4 Å². The third kappa shape index (κ3) is 2.42. The largest absolute Gasteiger partial charge is 0.337 e. The van der Waals surface area contributed by atoms with E-state index in [2.05, 4.69) is 17.4 Å². The number of amides is 1. The zero-order valence-electron chi connectivity index (χ0n) is 9.65. The first-order chi connectivity index (χ1) is 7.81. The van der Waals surface area contributed by atoms with Crippen LogP contribution in [-0.2, 0) is 11.3 Å². The summed E-state index contributed by atoms with van der Waals surface area (Å²) in [4.78, 5) is 14.0. The summed E-state index contributed by atoms with van der Waals surface area (Å²) in [5, 5.41) is 3.08. The summed E-state index contributed by atoms with van der Waals surface area (Å²) in [6.45, 7) is 1.61. The van der Waals surface area contributed by atoms with E-state index in [1.807, 2.05) is 30.1 Å². The maximum atomic E-state index is 12.0. The lowest BCUT2D eigenvalue weighted by Gasteiger charge is -2.32. The van der Waals surface area contributed by atoms with Crippen molar-refractivity contribution in [2.45, 2.75) is 25.4 Å². The van der Waals surface area contributed by atoms with Crippen molar-refractivity contribution in [3.8, 4) is 0 Å². The molecule has 1 unspecified atom stereocenters. The zero-order chi connectivity index (χ0) is 11.4. The maximum Gasteiger partial charge on any atom is 0.239 e. The highest BCUT2D eigenvalue weighted by molar-refractivity contribution is 5.82. The van der Waals surface area contributed by atoms with Crippen LogP contribution >= 0.6 is 0 Å². The van der Waals surface area contributed by atoms with Gasteiger partial charge in [-0.2, -0.15) is 0 Å². The summed E-state index contributed by atoms with van der Waals surface area (Å²) in [5.41, 5.74) is 1.20. The van der Waals surface area contributed by atoms with Gasteiger partial charge in [0.15, 0.2) is 0 Å². The van der Waals surface area contributed by atoms with E-state index in [-0.39, 0.29) is 11.9 Å². The molecule has 1 heterocycles. The molecule has 1 aliphatic rings. The van der Waals surface area contributed by atoms with Gasteiger partial charge in [-0.05, 0) is 25.5 Å². The predicted molar refractivity (Wildman–Crippen MR) is 63.9 cm³/mol. The fourth-order valence-electron chi connectivity index (χ4n) is 2.17. The number of likely N-dealkylation sites (N-methyl/N-ethyl adjacent to an activating group) is 1. The van der Waals surface area contributed by atoms with E-state index in [9.17, 15) is 4.79 Å².